The molecule has 0 saturated carbocycles. The zero-order valence-electron chi connectivity index (χ0n) is 45.7. The molecule has 366 valence electrons. The topological polar surface area (TPSA) is 50.9 Å². The SMILES string of the molecule is [2H]C(C)(C)c1ccc(-n2c(-c3cc(C(C)(C)C)cc(C(C)(C)C)c3O)nc3c(-c4[c-]c(-c5cc(-c6ccc(C(C)(C)C)cc6)ccn5)cc(C(C)(C)C)c4)cccc32)c(-c2ccc(C(C)(C)C)cc2)c1.[Pt]. The van der Waals surface area contributed by atoms with E-state index in [0.717, 1.165) is 83.6 Å². The molecule has 0 atom stereocenters. The van der Waals surface area contributed by atoms with E-state index in [4.69, 9.17) is 9.97 Å². The summed E-state index contributed by atoms with van der Waals surface area (Å²) in [6, 6.07) is 47.5. The average Bonchev–Trinajstić information content (AvgIpc) is 3.66. The summed E-state index contributed by atoms with van der Waals surface area (Å²) < 4.78 is 11.4. The Morgan fingerprint density at radius 1 is 0.529 bits per heavy atom. The predicted octanol–water partition coefficient (Wildman–Crippen LogP) is 17.9. The molecule has 0 fully saturated rings. The Labute approximate surface area is 435 Å². The molecule has 6 aromatic carbocycles. The predicted molar refractivity (Wildman–Crippen MR) is 294 cm³/mol. The molecular weight excluding hydrogens is 1030 g/mol. The third-order valence-electron chi connectivity index (χ3n) is 13.7. The number of fused-ring (bicyclic) bond motifs is 1. The first kappa shape index (κ1) is 50.8. The van der Waals surface area contributed by atoms with Gasteiger partial charge in [-0.05, 0) is 102 Å². The van der Waals surface area contributed by atoms with Gasteiger partial charge in [-0.2, -0.15) is 0 Å². The van der Waals surface area contributed by atoms with Gasteiger partial charge in [0.05, 0.1) is 22.3 Å². The molecule has 0 radical (unpaired) electrons. The number of nitrogens with zero attached hydrogens (tertiary/aromatic N) is 3. The van der Waals surface area contributed by atoms with Crippen LogP contribution in [0.5, 0.6) is 5.75 Å². The van der Waals surface area contributed by atoms with Crippen molar-refractivity contribution in [2.75, 3.05) is 0 Å². The minimum absolute atomic E-state index is 0. The largest absolute Gasteiger partial charge is 0.507 e. The minimum Gasteiger partial charge on any atom is -0.507 e. The van der Waals surface area contributed by atoms with Crippen molar-refractivity contribution in [1.82, 2.24) is 14.5 Å². The van der Waals surface area contributed by atoms with Crippen LogP contribution in [0.25, 0.3) is 72.7 Å². The van der Waals surface area contributed by atoms with Gasteiger partial charge in [0, 0.05) is 45.5 Å². The van der Waals surface area contributed by atoms with E-state index in [-0.39, 0.29) is 53.9 Å². The van der Waals surface area contributed by atoms with Crippen molar-refractivity contribution in [1.29, 1.82) is 0 Å². The van der Waals surface area contributed by atoms with Gasteiger partial charge in [0.2, 0.25) is 0 Å². The van der Waals surface area contributed by atoms with Crippen molar-refractivity contribution >= 4 is 11.0 Å². The normalized spacial score (nSPS) is 13.1. The molecule has 0 spiro atoms. The fourth-order valence-corrected chi connectivity index (χ4v) is 9.18. The summed E-state index contributed by atoms with van der Waals surface area (Å²) in [6.45, 7) is 37.2. The fourth-order valence-electron chi connectivity index (χ4n) is 9.18. The van der Waals surface area contributed by atoms with Gasteiger partial charge in [0.15, 0.2) is 0 Å². The van der Waals surface area contributed by atoms with Crippen molar-refractivity contribution in [2.24, 2.45) is 0 Å². The van der Waals surface area contributed by atoms with Gasteiger partial charge < -0.3 is 5.11 Å². The standard InChI is InChI=1S/C65H74N3O.Pt/c1-40(2)43-25-30-56(52(36-43)42-23-28-48(29-24-42)62(6,7)8)68-57-20-18-19-51(58(57)67-60(68)53-38-50(64(12,13)14)39-54(59(53)69)65(15,16)17)45-33-46(35-49(34-45)63(9,10)11)55-37-44(31-32-66-55)41-21-26-47(27-22-41)61(3,4)5;/h18-32,34-40,69H,1-17H3;/q-1;/i40D;. The number of aromatic hydroxyl groups is 1. The molecular formula is C65H74N3OPt-. The van der Waals surface area contributed by atoms with E-state index in [1.807, 2.05) is 20.0 Å². The second kappa shape index (κ2) is 18.9. The van der Waals surface area contributed by atoms with Crippen molar-refractivity contribution in [2.45, 2.75) is 151 Å². The summed E-state index contributed by atoms with van der Waals surface area (Å²) in [6.07, 6.45) is 1.90. The number of aromatic nitrogens is 3. The molecule has 0 saturated heterocycles. The average molecular weight is 1110 g/mol. The van der Waals surface area contributed by atoms with E-state index >= 15 is 0 Å². The van der Waals surface area contributed by atoms with Gasteiger partial charge in [0.25, 0.3) is 0 Å². The van der Waals surface area contributed by atoms with Crippen LogP contribution in [0, 0.1) is 6.07 Å². The van der Waals surface area contributed by atoms with Crippen molar-refractivity contribution in [3.8, 4) is 67.5 Å². The zero-order valence-corrected chi connectivity index (χ0v) is 47.0. The second-order valence-corrected chi connectivity index (χ2v) is 24.6. The number of benzene rings is 6. The second-order valence-electron chi connectivity index (χ2n) is 24.6. The summed E-state index contributed by atoms with van der Waals surface area (Å²) in [4.78, 5) is 10.7. The smallest absolute Gasteiger partial charge is 0.148 e. The third kappa shape index (κ3) is 10.6. The van der Waals surface area contributed by atoms with Gasteiger partial charge in [-0.3, -0.25) is 9.55 Å². The Hall–Kier alpha value is -5.57. The quantitative estimate of drug-likeness (QED) is 0.162. The Bertz CT molecular complexity index is 3240. The van der Waals surface area contributed by atoms with Gasteiger partial charge in [-0.15, -0.1) is 29.3 Å². The number of rotatable bonds is 7. The first-order valence-electron chi connectivity index (χ1n) is 25.2. The monoisotopic (exact) mass is 1110 g/mol. The summed E-state index contributed by atoms with van der Waals surface area (Å²) in [5.41, 5.74) is 17.0. The Kier molecular flexibility index (Phi) is 13.7. The number of hydrogen-bond donors (Lipinski definition) is 1. The molecule has 0 unspecified atom stereocenters. The van der Waals surface area contributed by atoms with Crippen LogP contribution in [-0.4, -0.2) is 19.6 Å². The van der Waals surface area contributed by atoms with Crippen LogP contribution in [0.3, 0.4) is 0 Å². The van der Waals surface area contributed by atoms with E-state index in [2.05, 4.69) is 236 Å². The molecule has 2 heterocycles. The molecule has 8 rings (SSSR count). The van der Waals surface area contributed by atoms with Crippen LogP contribution in [0.1, 0.15) is 158 Å². The molecule has 8 aromatic rings. The van der Waals surface area contributed by atoms with Gasteiger partial charge in [-0.25, -0.2) is 4.98 Å². The number of phenols is 1. The number of imidazole rings is 1. The third-order valence-corrected chi connectivity index (χ3v) is 13.7. The summed E-state index contributed by atoms with van der Waals surface area (Å²) in [5.74, 6) is 0.0193. The van der Waals surface area contributed by atoms with Gasteiger partial charge in [-0.1, -0.05) is 208 Å². The summed E-state index contributed by atoms with van der Waals surface area (Å²) >= 11 is 0. The van der Waals surface area contributed by atoms with Crippen molar-refractivity contribution in [3.05, 3.63) is 167 Å². The van der Waals surface area contributed by atoms with E-state index in [1.54, 1.807) is 0 Å². The maximum atomic E-state index is 12.6. The van der Waals surface area contributed by atoms with Crippen LogP contribution >= 0.6 is 0 Å². The molecule has 0 amide bonds. The van der Waals surface area contributed by atoms with E-state index < -0.39 is 5.89 Å². The molecule has 0 bridgehead atoms. The van der Waals surface area contributed by atoms with Crippen LogP contribution in [0.15, 0.2) is 128 Å². The number of phenolic OH excluding ortho intramolecular Hbond substituents is 1. The molecule has 2 aromatic heterocycles. The fraction of sp³-hybridized carbons (Fsp3) is 0.354. The van der Waals surface area contributed by atoms with Crippen molar-refractivity contribution < 1.29 is 27.5 Å². The van der Waals surface area contributed by atoms with Crippen LogP contribution in [0.2, 0.25) is 0 Å². The molecule has 1 N–H and O–H groups in total. The number of hydrogen-bond acceptors (Lipinski definition) is 3. The maximum absolute atomic E-state index is 12.6. The van der Waals surface area contributed by atoms with Gasteiger partial charge >= 0.3 is 0 Å². The molecule has 4 nitrogen and oxygen atoms in total. The first-order valence-corrected chi connectivity index (χ1v) is 24.7. The zero-order chi connectivity index (χ0) is 51.1. The van der Waals surface area contributed by atoms with Crippen LogP contribution < -0.4 is 0 Å². The van der Waals surface area contributed by atoms with Crippen LogP contribution in [0.4, 0.5) is 0 Å². The Morgan fingerprint density at radius 3 is 1.64 bits per heavy atom. The molecule has 0 aliphatic carbocycles. The first-order chi connectivity index (χ1) is 32.4. The molecule has 0 aliphatic heterocycles. The Morgan fingerprint density at radius 2 is 1.09 bits per heavy atom. The Balaban J connectivity index is 0.00000741. The summed E-state index contributed by atoms with van der Waals surface area (Å²) in [5, 5.41) is 12.6. The minimum atomic E-state index is -0.844. The van der Waals surface area contributed by atoms with Crippen molar-refractivity contribution in [3.63, 3.8) is 0 Å². The van der Waals surface area contributed by atoms with E-state index in [9.17, 15) is 6.48 Å². The number of pyridine rings is 1. The van der Waals surface area contributed by atoms with E-state index in [1.165, 1.54) is 11.1 Å². The number of para-hydroxylation sites is 1. The molecule has 0 aliphatic rings. The summed E-state index contributed by atoms with van der Waals surface area (Å²) in [7, 11) is 0. The maximum Gasteiger partial charge on any atom is 0.148 e. The molecule has 70 heavy (non-hydrogen) atoms. The molecule has 5 heteroatoms. The van der Waals surface area contributed by atoms with E-state index in [0.29, 0.717) is 11.4 Å². The van der Waals surface area contributed by atoms with Crippen LogP contribution in [-0.2, 0) is 48.1 Å². The van der Waals surface area contributed by atoms with Gasteiger partial charge in [0.1, 0.15) is 11.6 Å².